The lowest BCUT2D eigenvalue weighted by Crippen LogP contribution is -2.15. The largest absolute Gasteiger partial charge is 0.486 e. The molecule has 0 fully saturated rings. The first-order valence-corrected chi connectivity index (χ1v) is 8.31. The highest BCUT2D eigenvalue weighted by Crippen LogP contribution is 2.38. The van der Waals surface area contributed by atoms with Crippen LogP contribution in [0.3, 0.4) is 0 Å². The van der Waals surface area contributed by atoms with Crippen molar-refractivity contribution in [3.8, 4) is 11.5 Å². The van der Waals surface area contributed by atoms with Crippen LogP contribution in [0, 0.1) is 0 Å². The number of rotatable bonds is 3. The normalized spacial score (nSPS) is 14.1. The second-order valence-electron chi connectivity index (χ2n) is 4.74. The fourth-order valence-corrected chi connectivity index (χ4v) is 3.60. The molecule has 0 N–H and O–H groups in total. The quantitative estimate of drug-likeness (QED) is 0.723. The summed E-state index contributed by atoms with van der Waals surface area (Å²) < 4.78 is 50.8. The van der Waals surface area contributed by atoms with E-state index in [0.29, 0.717) is 30.5 Å². The van der Waals surface area contributed by atoms with Gasteiger partial charge in [0.05, 0.1) is 0 Å². The molecule has 1 aromatic carbocycles. The molecule has 0 bridgehead atoms. The molecule has 2 heterocycles. The second kappa shape index (κ2) is 6.23. The van der Waals surface area contributed by atoms with Crippen molar-refractivity contribution in [2.24, 2.45) is 7.05 Å². The first-order valence-electron chi connectivity index (χ1n) is 6.53. The summed E-state index contributed by atoms with van der Waals surface area (Å²) in [6, 6.07) is 3.61. The SMILES string of the molecule is Cn1c(SCc2cc3c(cc2Br)OCCO3)nnc1C(F)(F)F. The maximum Gasteiger partial charge on any atom is 0.451 e. The van der Waals surface area contributed by atoms with Gasteiger partial charge in [-0.2, -0.15) is 13.2 Å². The highest BCUT2D eigenvalue weighted by atomic mass is 79.9. The second-order valence-corrected chi connectivity index (χ2v) is 6.54. The summed E-state index contributed by atoms with van der Waals surface area (Å²) in [6.45, 7) is 0.964. The molecule has 1 aliphatic heterocycles. The molecule has 2 aromatic rings. The van der Waals surface area contributed by atoms with Crippen molar-refractivity contribution in [1.82, 2.24) is 14.8 Å². The fourth-order valence-electron chi connectivity index (χ4n) is 2.05. The number of aromatic nitrogens is 3. The lowest BCUT2D eigenvalue weighted by molar-refractivity contribution is -0.147. The molecular weight excluding hydrogens is 399 g/mol. The molecule has 0 aliphatic carbocycles. The van der Waals surface area contributed by atoms with E-state index in [2.05, 4.69) is 26.1 Å². The number of fused-ring (bicyclic) bond motifs is 1. The van der Waals surface area contributed by atoms with Gasteiger partial charge in [0.25, 0.3) is 0 Å². The summed E-state index contributed by atoms with van der Waals surface area (Å²) in [5.74, 6) is 0.682. The molecule has 0 spiro atoms. The van der Waals surface area contributed by atoms with Crippen molar-refractivity contribution < 1.29 is 22.6 Å². The van der Waals surface area contributed by atoms with Crippen LogP contribution < -0.4 is 9.47 Å². The Labute approximate surface area is 142 Å². The van der Waals surface area contributed by atoms with E-state index in [0.717, 1.165) is 26.4 Å². The Kier molecular flexibility index (Phi) is 4.45. The smallest absolute Gasteiger partial charge is 0.451 e. The van der Waals surface area contributed by atoms with Crippen molar-refractivity contribution in [2.75, 3.05) is 13.2 Å². The lowest BCUT2D eigenvalue weighted by Gasteiger charge is -2.19. The first-order chi connectivity index (χ1) is 10.9. The average Bonchev–Trinajstić information content (AvgIpc) is 2.86. The van der Waals surface area contributed by atoms with Crippen LogP contribution in [-0.4, -0.2) is 28.0 Å². The first kappa shape index (κ1) is 16.4. The van der Waals surface area contributed by atoms with E-state index < -0.39 is 12.0 Å². The molecule has 1 aliphatic rings. The molecule has 23 heavy (non-hydrogen) atoms. The van der Waals surface area contributed by atoms with Gasteiger partial charge < -0.3 is 14.0 Å². The Balaban J connectivity index is 1.78. The molecule has 1 aromatic heterocycles. The molecule has 0 saturated heterocycles. The molecule has 10 heteroatoms. The zero-order valence-corrected chi connectivity index (χ0v) is 14.3. The molecule has 3 rings (SSSR count). The number of alkyl halides is 3. The molecule has 0 amide bonds. The highest BCUT2D eigenvalue weighted by molar-refractivity contribution is 9.10. The third-order valence-electron chi connectivity index (χ3n) is 3.16. The summed E-state index contributed by atoms with van der Waals surface area (Å²) >= 11 is 4.60. The van der Waals surface area contributed by atoms with Gasteiger partial charge >= 0.3 is 6.18 Å². The molecular formula is C13H11BrF3N3O2S. The summed E-state index contributed by atoms with van der Waals surface area (Å²) in [7, 11) is 1.30. The zero-order chi connectivity index (χ0) is 16.6. The molecule has 124 valence electrons. The summed E-state index contributed by atoms with van der Waals surface area (Å²) in [5.41, 5.74) is 0.871. The van der Waals surface area contributed by atoms with Crippen LogP contribution >= 0.6 is 27.7 Å². The van der Waals surface area contributed by atoms with Crippen LogP contribution in [0.5, 0.6) is 11.5 Å². The van der Waals surface area contributed by atoms with E-state index in [1.54, 1.807) is 6.07 Å². The van der Waals surface area contributed by atoms with Crippen LogP contribution in [0.15, 0.2) is 21.8 Å². The third kappa shape index (κ3) is 3.42. The Hall–Kier alpha value is -1.42. The zero-order valence-electron chi connectivity index (χ0n) is 11.9. The summed E-state index contributed by atoms with van der Waals surface area (Å²) in [4.78, 5) is 0. The van der Waals surface area contributed by atoms with E-state index in [1.165, 1.54) is 7.05 Å². The van der Waals surface area contributed by atoms with E-state index in [-0.39, 0.29) is 5.16 Å². The highest BCUT2D eigenvalue weighted by Gasteiger charge is 2.37. The van der Waals surface area contributed by atoms with Crippen LogP contribution in [0.4, 0.5) is 13.2 Å². The van der Waals surface area contributed by atoms with Crippen LogP contribution in [0.1, 0.15) is 11.4 Å². The number of benzene rings is 1. The predicted octanol–water partition coefficient (Wildman–Crippen LogP) is 3.66. The van der Waals surface area contributed by atoms with Crippen LogP contribution in [0.25, 0.3) is 0 Å². The van der Waals surface area contributed by atoms with E-state index >= 15 is 0 Å². The van der Waals surface area contributed by atoms with Crippen molar-refractivity contribution in [1.29, 1.82) is 0 Å². The Morgan fingerprint density at radius 2 is 1.87 bits per heavy atom. The van der Waals surface area contributed by atoms with Gasteiger partial charge in [0.1, 0.15) is 13.2 Å². The predicted molar refractivity (Wildman–Crippen MR) is 80.7 cm³/mol. The molecule has 0 saturated carbocycles. The molecule has 0 unspecified atom stereocenters. The van der Waals surface area contributed by atoms with Crippen molar-refractivity contribution in [3.63, 3.8) is 0 Å². The maximum atomic E-state index is 12.7. The number of nitrogens with zero attached hydrogens (tertiary/aromatic N) is 3. The maximum absolute atomic E-state index is 12.7. The number of hydrogen-bond donors (Lipinski definition) is 0. The van der Waals surface area contributed by atoms with Gasteiger partial charge in [0, 0.05) is 17.3 Å². The Bertz CT molecular complexity index is 736. The lowest BCUT2D eigenvalue weighted by atomic mass is 10.2. The molecule has 0 atom stereocenters. The number of thioether (sulfide) groups is 1. The Morgan fingerprint density at radius 3 is 2.48 bits per heavy atom. The van der Waals surface area contributed by atoms with E-state index in [1.807, 2.05) is 6.07 Å². The Morgan fingerprint density at radius 1 is 1.22 bits per heavy atom. The standard InChI is InChI=1S/C13H11BrF3N3O2S/c1-20-11(13(15,16)17)18-19-12(20)23-6-7-4-9-10(5-8(7)14)22-3-2-21-9/h4-5H,2-3,6H2,1H3. The average molecular weight is 410 g/mol. The number of hydrogen-bond acceptors (Lipinski definition) is 5. The van der Waals surface area contributed by atoms with Gasteiger partial charge in [-0.1, -0.05) is 27.7 Å². The van der Waals surface area contributed by atoms with Gasteiger partial charge in [0.2, 0.25) is 5.82 Å². The van der Waals surface area contributed by atoms with Crippen molar-refractivity contribution >= 4 is 27.7 Å². The van der Waals surface area contributed by atoms with Crippen LogP contribution in [0.2, 0.25) is 0 Å². The van der Waals surface area contributed by atoms with Crippen molar-refractivity contribution in [3.05, 3.63) is 28.0 Å². The third-order valence-corrected chi connectivity index (χ3v) is 4.96. The monoisotopic (exact) mass is 409 g/mol. The fraction of sp³-hybridized carbons (Fsp3) is 0.385. The van der Waals surface area contributed by atoms with Gasteiger partial charge in [-0.15, -0.1) is 10.2 Å². The summed E-state index contributed by atoms with van der Waals surface area (Å²) in [5, 5.41) is 7.00. The van der Waals surface area contributed by atoms with Gasteiger partial charge in [-0.05, 0) is 17.7 Å². The van der Waals surface area contributed by atoms with Gasteiger partial charge in [-0.25, -0.2) is 0 Å². The number of halogens is 4. The van der Waals surface area contributed by atoms with Crippen molar-refractivity contribution in [2.45, 2.75) is 17.1 Å². The topological polar surface area (TPSA) is 49.2 Å². The molecule has 5 nitrogen and oxygen atoms in total. The minimum absolute atomic E-state index is 0.194. The minimum atomic E-state index is -4.52. The van der Waals surface area contributed by atoms with Gasteiger partial charge in [0.15, 0.2) is 16.7 Å². The molecule has 0 radical (unpaired) electrons. The van der Waals surface area contributed by atoms with E-state index in [4.69, 9.17) is 9.47 Å². The van der Waals surface area contributed by atoms with Gasteiger partial charge in [-0.3, -0.25) is 0 Å². The van der Waals surface area contributed by atoms with E-state index in [9.17, 15) is 13.2 Å². The van der Waals surface area contributed by atoms with Crippen LogP contribution in [-0.2, 0) is 19.0 Å². The minimum Gasteiger partial charge on any atom is -0.486 e. The summed E-state index contributed by atoms with van der Waals surface area (Å²) in [6.07, 6.45) is -4.52. The number of ether oxygens (including phenoxy) is 2.